The summed E-state index contributed by atoms with van der Waals surface area (Å²) in [5, 5.41) is 5.44. The van der Waals surface area contributed by atoms with Gasteiger partial charge >= 0.3 is 0 Å². The molecule has 0 bridgehead atoms. The van der Waals surface area contributed by atoms with Crippen molar-refractivity contribution in [2.45, 2.75) is 13.8 Å². The average molecular weight is 261 g/mol. The van der Waals surface area contributed by atoms with Gasteiger partial charge in [0.25, 0.3) is 0 Å². The van der Waals surface area contributed by atoms with Crippen LogP contribution in [0.5, 0.6) is 0 Å². The topological polar surface area (TPSA) is 43.6 Å². The minimum atomic E-state index is 0.423. The minimum Gasteiger partial charge on any atom is -0.224 e. The molecule has 0 unspecified atom stereocenters. The molecule has 0 amide bonds. The molecule has 3 rings (SSSR count). The van der Waals surface area contributed by atoms with Gasteiger partial charge in [0, 0.05) is 0 Å². The lowest BCUT2D eigenvalue weighted by molar-refractivity contribution is 0.895. The lowest BCUT2D eigenvalue weighted by atomic mass is 10.3. The monoisotopic (exact) mass is 260 g/mol. The van der Waals surface area contributed by atoms with Crippen LogP contribution < -0.4 is 0 Å². The number of rotatable bonds is 1. The van der Waals surface area contributed by atoms with E-state index in [9.17, 15) is 0 Å². The van der Waals surface area contributed by atoms with E-state index in [2.05, 4.69) is 15.1 Å². The molecular weight excluding hydrogens is 248 g/mol. The lowest BCUT2D eigenvalue weighted by Gasteiger charge is -2.01. The van der Waals surface area contributed by atoms with Gasteiger partial charge in [0.2, 0.25) is 0 Å². The maximum atomic E-state index is 5.95. The molecule has 0 saturated heterocycles. The standard InChI is InChI=1S/C11H7ClN4.C2H6/c12-10-9-6-15-16(11(9)14-7-13-10)8-4-2-1-3-5-8;1-2/h1-7H;1-2H3. The van der Waals surface area contributed by atoms with E-state index in [1.165, 1.54) is 6.33 Å². The summed E-state index contributed by atoms with van der Waals surface area (Å²) in [5.41, 5.74) is 1.67. The summed E-state index contributed by atoms with van der Waals surface area (Å²) in [6, 6.07) is 9.78. The fourth-order valence-electron chi connectivity index (χ4n) is 1.57. The van der Waals surface area contributed by atoms with Crippen LogP contribution in [0, 0.1) is 0 Å². The van der Waals surface area contributed by atoms with Gasteiger partial charge in [0.15, 0.2) is 5.65 Å². The maximum absolute atomic E-state index is 5.95. The van der Waals surface area contributed by atoms with Crippen molar-refractivity contribution in [1.29, 1.82) is 0 Å². The van der Waals surface area contributed by atoms with Gasteiger partial charge in [-0.05, 0) is 12.1 Å². The molecule has 0 aliphatic carbocycles. The number of hydrogen-bond acceptors (Lipinski definition) is 3. The van der Waals surface area contributed by atoms with E-state index in [-0.39, 0.29) is 0 Å². The van der Waals surface area contributed by atoms with Crippen LogP contribution in [0.3, 0.4) is 0 Å². The van der Waals surface area contributed by atoms with Crippen LogP contribution in [-0.4, -0.2) is 19.7 Å². The quantitative estimate of drug-likeness (QED) is 0.629. The molecule has 5 heteroatoms. The Balaban J connectivity index is 0.000000574. The highest BCUT2D eigenvalue weighted by Crippen LogP contribution is 2.20. The second-order valence-corrected chi connectivity index (χ2v) is 3.65. The Bertz CT molecular complexity index is 634. The van der Waals surface area contributed by atoms with Gasteiger partial charge in [0.1, 0.15) is 11.5 Å². The molecule has 18 heavy (non-hydrogen) atoms. The maximum Gasteiger partial charge on any atom is 0.167 e. The molecule has 0 saturated carbocycles. The Hall–Kier alpha value is -1.94. The van der Waals surface area contributed by atoms with Crippen LogP contribution in [-0.2, 0) is 0 Å². The Kier molecular flexibility index (Phi) is 3.89. The van der Waals surface area contributed by atoms with E-state index in [0.29, 0.717) is 10.8 Å². The number of para-hydroxylation sites is 1. The summed E-state index contributed by atoms with van der Waals surface area (Å²) in [4.78, 5) is 8.10. The highest BCUT2D eigenvalue weighted by atomic mass is 35.5. The molecule has 0 atom stereocenters. The third-order valence-electron chi connectivity index (χ3n) is 2.32. The Morgan fingerprint density at radius 2 is 1.78 bits per heavy atom. The van der Waals surface area contributed by atoms with Crippen molar-refractivity contribution in [2.24, 2.45) is 0 Å². The van der Waals surface area contributed by atoms with Crippen LogP contribution in [0.15, 0.2) is 42.9 Å². The highest BCUT2D eigenvalue weighted by molar-refractivity contribution is 6.33. The number of nitrogens with zero attached hydrogens (tertiary/aromatic N) is 4. The summed E-state index contributed by atoms with van der Waals surface area (Å²) in [6.07, 6.45) is 3.11. The molecule has 0 aliphatic rings. The molecule has 1 aromatic carbocycles. The lowest BCUT2D eigenvalue weighted by Crippen LogP contribution is -1.97. The van der Waals surface area contributed by atoms with Crippen LogP contribution in [0.2, 0.25) is 5.15 Å². The third-order valence-corrected chi connectivity index (χ3v) is 2.62. The molecule has 0 radical (unpaired) electrons. The summed E-state index contributed by atoms with van der Waals surface area (Å²) in [5.74, 6) is 0. The predicted molar refractivity (Wildman–Crippen MR) is 73.0 cm³/mol. The molecule has 2 aromatic heterocycles. The second-order valence-electron chi connectivity index (χ2n) is 3.29. The van der Waals surface area contributed by atoms with Gasteiger partial charge in [-0.15, -0.1) is 0 Å². The third kappa shape index (κ3) is 2.19. The van der Waals surface area contributed by atoms with E-state index in [0.717, 1.165) is 11.1 Å². The first-order valence-electron chi connectivity index (χ1n) is 5.76. The van der Waals surface area contributed by atoms with Gasteiger partial charge in [0.05, 0.1) is 17.3 Å². The number of benzene rings is 1. The van der Waals surface area contributed by atoms with Crippen LogP contribution in [0.4, 0.5) is 0 Å². The summed E-state index contributed by atoms with van der Waals surface area (Å²) in [6.45, 7) is 4.00. The first kappa shape index (κ1) is 12.5. The second kappa shape index (κ2) is 5.60. The fraction of sp³-hybridized carbons (Fsp3) is 0.154. The number of halogens is 1. The van der Waals surface area contributed by atoms with Gasteiger partial charge in [-0.1, -0.05) is 43.6 Å². The zero-order valence-corrected chi connectivity index (χ0v) is 11.0. The van der Waals surface area contributed by atoms with Gasteiger partial charge < -0.3 is 0 Å². The molecule has 0 spiro atoms. The van der Waals surface area contributed by atoms with Crippen molar-refractivity contribution >= 4 is 22.6 Å². The fourth-order valence-corrected chi connectivity index (χ4v) is 1.75. The van der Waals surface area contributed by atoms with E-state index in [4.69, 9.17) is 11.6 Å². The molecule has 0 aliphatic heterocycles. The van der Waals surface area contributed by atoms with Crippen molar-refractivity contribution in [3.05, 3.63) is 48.0 Å². The first-order valence-corrected chi connectivity index (χ1v) is 6.14. The number of aromatic nitrogens is 4. The number of hydrogen-bond donors (Lipinski definition) is 0. The SMILES string of the molecule is CC.Clc1ncnc2c1cnn2-c1ccccc1. The number of fused-ring (bicyclic) bond motifs is 1. The highest BCUT2D eigenvalue weighted by Gasteiger charge is 2.08. The van der Waals surface area contributed by atoms with Crippen molar-refractivity contribution in [3.63, 3.8) is 0 Å². The van der Waals surface area contributed by atoms with Gasteiger partial charge in [-0.2, -0.15) is 5.10 Å². The molecule has 2 heterocycles. The Morgan fingerprint density at radius 1 is 1.06 bits per heavy atom. The van der Waals surface area contributed by atoms with E-state index in [1.54, 1.807) is 10.9 Å². The van der Waals surface area contributed by atoms with Gasteiger partial charge in [-0.3, -0.25) is 0 Å². The molecule has 92 valence electrons. The molecule has 3 aromatic rings. The van der Waals surface area contributed by atoms with Crippen molar-refractivity contribution in [2.75, 3.05) is 0 Å². The minimum absolute atomic E-state index is 0.423. The van der Waals surface area contributed by atoms with Crippen molar-refractivity contribution < 1.29 is 0 Å². The summed E-state index contributed by atoms with van der Waals surface area (Å²) in [7, 11) is 0. The normalized spacial score (nSPS) is 9.94. The molecular formula is C13H13ClN4. The summed E-state index contributed by atoms with van der Waals surface area (Å²) < 4.78 is 1.74. The van der Waals surface area contributed by atoms with Gasteiger partial charge in [-0.25, -0.2) is 14.6 Å². The van der Waals surface area contributed by atoms with Crippen molar-refractivity contribution in [1.82, 2.24) is 19.7 Å². The van der Waals surface area contributed by atoms with Crippen LogP contribution in [0.25, 0.3) is 16.7 Å². The molecule has 0 fully saturated rings. The first-order chi connectivity index (χ1) is 8.86. The predicted octanol–water partition coefficient (Wildman–Crippen LogP) is 3.50. The van der Waals surface area contributed by atoms with E-state index in [1.807, 2.05) is 44.2 Å². The smallest absolute Gasteiger partial charge is 0.167 e. The van der Waals surface area contributed by atoms with E-state index < -0.39 is 0 Å². The molecule has 0 N–H and O–H groups in total. The molecule has 4 nitrogen and oxygen atoms in total. The van der Waals surface area contributed by atoms with Crippen LogP contribution >= 0.6 is 11.6 Å². The summed E-state index contributed by atoms with van der Waals surface area (Å²) >= 11 is 5.95. The Labute approximate surface area is 110 Å². The van der Waals surface area contributed by atoms with E-state index >= 15 is 0 Å². The largest absolute Gasteiger partial charge is 0.224 e. The van der Waals surface area contributed by atoms with Crippen LogP contribution in [0.1, 0.15) is 13.8 Å². The zero-order chi connectivity index (χ0) is 13.0. The average Bonchev–Trinajstić information content (AvgIpc) is 2.87. The zero-order valence-electron chi connectivity index (χ0n) is 10.2. The van der Waals surface area contributed by atoms with Crippen molar-refractivity contribution in [3.8, 4) is 5.69 Å². The Morgan fingerprint density at radius 3 is 2.50 bits per heavy atom.